The Morgan fingerprint density at radius 1 is 1.53 bits per heavy atom. The van der Waals surface area contributed by atoms with Gasteiger partial charge in [0.1, 0.15) is 0 Å². The number of nitrogens with one attached hydrogen (secondary N) is 1. The first-order valence-corrected chi connectivity index (χ1v) is 5.37. The number of ether oxygens (including phenoxy) is 1. The van der Waals surface area contributed by atoms with Gasteiger partial charge in [-0.05, 0) is 20.9 Å². The van der Waals surface area contributed by atoms with Gasteiger partial charge >= 0.3 is 0 Å². The fourth-order valence-corrected chi connectivity index (χ4v) is 2.02. The third-order valence-electron chi connectivity index (χ3n) is 2.63. The number of morpholine rings is 1. The minimum atomic E-state index is -0.302. The summed E-state index contributed by atoms with van der Waals surface area (Å²) in [5.74, 6) is -0.302. The molecular weight excluding hydrogens is 194 g/mol. The molecule has 1 amide bonds. The molecule has 0 aromatic heterocycles. The van der Waals surface area contributed by atoms with Gasteiger partial charge in [0.2, 0.25) is 5.91 Å². The summed E-state index contributed by atoms with van der Waals surface area (Å²) in [7, 11) is 1.75. The number of primary amides is 1. The van der Waals surface area contributed by atoms with Crippen LogP contribution in [0.5, 0.6) is 0 Å². The van der Waals surface area contributed by atoms with Gasteiger partial charge in [-0.3, -0.25) is 9.69 Å². The smallest absolute Gasteiger partial charge is 0.235 e. The number of hydrogen-bond acceptors (Lipinski definition) is 4. The number of carbonyl (C=O) groups is 1. The molecule has 1 rings (SSSR count). The van der Waals surface area contributed by atoms with Crippen molar-refractivity contribution >= 4 is 5.91 Å². The van der Waals surface area contributed by atoms with E-state index in [0.29, 0.717) is 6.54 Å². The fourth-order valence-electron chi connectivity index (χ4n) is 2.02. The molecule has 1 saturated heterocycles. The van der Waals surface area contributed by atoms with E-state index in [-0.39, 0.29) is 24.2 Å². The standard InChI is InChI=1S/C10H21N3O2/c1-7-4-13(5-8(2)15-7)6-9(12-3)10(11)14/h7-9,12H,4-6H2,1-3H3,(H2,11,14)/t7-,8+,9?. The molecule has 1 aliphatic rings. The highest BCUT2D eigenvalue weighted by atomic mass is 16.5. The lowest BCUT2D eigenvalue weighted by molar-refractivity contribution is -0.121. The van der Waals surface area contributed by atoms with E-state index in [9.17, 15) is 4.79 Å². The average Bonchev–Trinajstić information content (AvgIpc) is 2.12. The topological polar surface area (TPSA) is 67.6 Å². The number of nitrogens with two attached hydrogens (primary N) is 1. The molecule has 0 aromatic rings. The van der Waals surface area contributed by atoms with Crippen LogP contribution in [0.3, 0.4) is 0 Å². The lowest BCUT2D eigenvalue weighted by Gasteiger charge is -2.36. The van der Waals surface area contributed by atoms with E-state index < -0.39 is 0 Å². The molecule has 15 heavy (non-hydrogen) atoms. The van der Waals surface area contributed by atoms with Crippen molar-refractivity contribution in [3.63, 3.8) is 0 Å². The van der Waals surface area contributed by atoms with Gasteiger partial charge in [0.05, 0.1) is 18.2 Å². The Balaban J connectivity index is 2.45. The van der Waals surface area contributed by atoms with Crippen LogP contribution in [0.1, 0.15) is 13.8 Å². The van der Waals surface area contributed by atoms with Gasteiger partial charge in [-0.25, -0.2) is 0 Å². The van der Waals surface area contributed by atoms with Crippen LogP contribution in [0.2, 0.25) is 0 Å². The zero-order valence-electron chi connectivity index (χ0n) is 9.69. The normalized spacial score (nSPS) is 30.1. The van der Waals surface area contributed by atoms with E-state index in [1.807, 2.05) is 13.8 Å². The van der Waals surface area contributed by atoms with Crippen LogP contribution in [0.4, 0.5) is 0 Å². The van der Waals surface area contributed by atoms with E-state index in [4.69, 9.17) is 10.5 Å². The van der Waals surface area contributed by atoms with Gasteiger partial charge in [-0.15, -0.1) is 0 Å². The molecule has 1 fully saturated rings. The molecule has 5 heteroatoms. The van der Waals surface area contributed by atoms with E-state index >= 15 is 0 Å². The molecular formula is C10H21N3O2. The van der Waals surface area contributed by atoms with Crippen LogP contribution in [0.15, 0.2) is 0 Å². The van der Waals surface area contributed by atoms with Crippen molar-refractivity contribution in [1.82, 2.24) is 10.2 Å². The van der Waals surface area contributed by atoms with Crippen molar-refractivity contribution in [2.45, 2.75) is 32.1 Å². The van der Waals surface area contributed by atoms with Crippen molar-refractivity contribution in [3.05, 3.63) is 0 Å². The Kier molecular flexibility index (Phi) is 4.50. The molecule has 0 bridgehead atoms. The lowest BCUT2D eigenvalue weighted by atomic mass is 10.2. The summed E-state index contributed by atoms with van der Waals surface area (Å²) in [6, 6.07) is -0.275. The Morgan fingerprint density at radius 2 is 2.07 bits per heavy atom. The quantitative estimate of drug-likeness (QED) is 0.642. The van der Waals surface area contributed by atoms with Crippen LogP contribution in [0, 0.1) is 0 Å². The van der Waals surface area contributed by atoms with Gasteiger partial charge in [0, 0.05) is 19.6 Å². The molecule has 3 N–H and O–H groups in total. The highest BCUT2D eigenvalue weighted by Gasteiger charge is 2.25. The SMILES string of the molecule is CNC(CN1C[C@@H](C)O[C@@H](C)C1)C(N)=O. The third kappa shape index (κ3) is 3.77. The molecule has 0 saturated carbocycles. The number of likely N-dealkylation sites (N-methyl/N-ethyl adjacent to an activating group) is 1. The fraction of sp³-hybridized carbons (Fsp3) is 0.900. The van der Waals surface area contributed by atoms with Crippen LogP contribution in [0.25, 0.3) is 0 Å². The molecule has 1 aliphatic heterocycles. The molecule has 0 aliphatic carbocycles. The van der Waals surface area contributed by atoms with Gasteiger partial charge in [-0.2, -0.15) is 0 Å². The first kappa shape index (κ1) is 12.4. The highest BCUT2D eigenvalue weighted by Crippen LogP contribution is 2.10. The van der Waals surface area contributed by atoms with Crippen LogP contribution < -0.4 is 11.1 Å². The number of carbonyl (C=O) groups excluding carboxylic acids is 1. The molecule has 3 atom stereocenters. The van der Waals surface area contributed by atoms with E-state index in [0.717, 1.165) is 13.1 Å². The minimum absolute atomic E-state index is 0.221. The van der Waals surface area contributed by atoms with Crippen LogP contribution in [-0.4, -0.2) is 55.7 Å². The monoisotopic (exact) mass is 215 g/mol. The lowest BCUT2D eigenvalue weighted by Crippen LogP contribution is -2.53. The molecule has 0 aromatic carbocycles. The number of amides is 1. The van der Waals surface area contributed by atoms with Crippen molar-refractivity contribution in [2.24, 2.45) is 5.73 Å². The Hall–Kier alpha value is -0.650. The predicted octanol–water partition coefficient (Wildman–Crippen LogP) is -0.831. The van der Waals surface area contributed by atoms with Gasteiger partial charge in [0.15, 0.2) is 0 Å². The highest BCUT2D eigenvalue weighted by molar-refractivity contribution is 5.80. The summed E-state index contributed by atoms with van der Waals surface area (Å²) in [6.45, 7) is 6.46. The van der Waals surface area contributed by atoms with E-state index in [1.165, 1.54) is 0 Å². The summed E-state index contributed by atoms with van der Waals surface area (Å²) in [6.07, 6.45) is 0.443. The van der Waals surface area contributed by atoms with Crippen molar-refractivity contribution in [3.8, 4) is 0 Å². The Morgan fingerprint density at radius 3 is 2.47 bits per heavy atom. The third-order valence-corrected chi connectivity index (χ3v) is 2.63. The zero-order chi connectivity index (χ0) is 11.4. The zero-order valence-corrected chi connectivity index (χ0v) is 9.69. The second-order valence-electron chi connectivity index (χ2n) is 4.22. The summed E-state index contributed by atoms with van der Waals surface area (Å²) in [5, 5.41) is 2.92. The van der Waals surface area contributed by atoms with Gasteiger partial charge in [0.25, 0.3) is 0 Å². The maximum absolute atomic E-state index is 11.1. The predicted molar refractivity (Wildman–Crippen MR) is 58.5 cm³/mol. The van der Waals surface area contributed by atoms with E-state index in [2.05, 4.69) is 10.2 Å². The summed E-state index contributed by atoms with van der Waals surface area (Å²) in [5.41, 5.74) is 5.27. The first-order chi connectivity index (χ1) is 7.02. The Labute approximate surface area is 90.9 Å². The Bertz CT molecular complexity index is 213. The largest absolute Gasteiger partial charge is 0.373 e. The van der Waals surface area contributed by atoms with Crippen LogP contribution >= 0.6 is 0 Å². The molecule has 5 nitrogen and oxygen atoms in total. The van der Waals surface area contributed by atoms with E-state index in [1.54, 1.807) is 7.05 Å². The second-order valence-corrected chi connectivity index (χ2v) is 4.22. The van der Waals surface area contributed by atoms with Gasteiger partial charge < -0.3 is 15.8 Å². The first-order valence-electron chi connectivity index (χ1n) is 5.37. The van der Waals surface area contributed by atoms with Gasteiger partial charge in [-0.1, -0.05) is 0 Å². The minimum Gasteiger partial charge on any atom is -0.373 e. The van der Waals surface area contributed by atoms with Crippen molar-refractivity contribution in [2.75, 3.05) is 26.7 Å². The average molecular weight is 215 g/mol. The molecule has 88 valence electrons. The molecule has 1 heterocycles. The number of rotatable bonds is 4. The second kappa shape index (κ2) is 5.44. The summed E-state index contributed by atoms with van der Waals surface area (Å²) in [4.78, 5) is 13.3. The van der Waals surface area contributed by atoms with Crippen molar-refractivity contribution in [1.29, 1.82) is 0 Å². The maximum atomic E-state index is 11.1. The maximum Gasteiger partial charge on any atom is 0.235 e. The molecule has 1 unspecified atom stereocenters. The number of nitrogens with zero attached hydrogens (tertiary/aromatic N) is 1. The van der Waals surface area contributed by atoms with Crippen LogP contribution in [-0.2, 0) is 9.53 Å². The summed E-state index contributed by atoms with van der Waals surface area (Å²) >= 11 is 0. The molecule has 0 spiro atoms. The molecule has 0 radical (unpaired) electrons. The van der Waals surface area contributed by atoms with Crippen molar-refractivity contribution < 1.29 is 9.53 Å². The summed E-state index contributed by atoms with van der Waals surface area (Å²) < 4.78 is 5.61. The number of hydrogen-bond donors (Lipinski definition) is 2.